The minimum absolute atomic E-state index is 0.229. The van der Waals surface area contributed by atoms with Crippen molar-refractivity contribution in [3.8, 4) is 0 Å². The summed E-state index contributed by atoms with van der Waals surface area (Å²) in [6.45, 7) is -1.62. The van der Waals surface area contributed by atoms with Crippen LogP contribution in [0, 0.1) is 5.41 Å². The Bertz CT molecular complexity index is 1090. The molecule has 0 unspecified atom stereocenters. The van der Waals surface area contributed by atoms with E-state index in [-0.39, 0.29) is 46.0 Å². The summed E-state index contributed by atoms with van der Waals surface area (Å²) in [6.07, 6.45) is 0. The fourth-order valence-corrected chi connectivity index (χ4v) is 10.8. The van der Waals surface area contributed by atoms with E-state index in [1.165, 1.54) is 86.4 Å². The standard InChI is InChI=1S/4C6H12N2O4S2.C5H12O4/c4*7-3(5(9)10)1-13-14-2-4(8)6(11)12;6-1-5(2-7,3-8)4-9/h4*3-4H,1-2,7-8H2,(H,9,10)(H,11,12);6-9H,1-4H2/t4*3-,4-;/m0000./s1. The van der Waals surface area contributed by atoms with Gasteiger partial charge in [0.25, 0.3) is 0 Å². The van der Waals surface area contributed by atoms with Crippen LogP contribution >= 0.6 is 86.4 Å². The van der Waals surface area contributed by atoms with E-state index in [0.717, 1.165) is 0 Å². The Kier molecular flexibility index (Phi) is 49.4. The lowest BCUT2D eigenvalue weighted by molar-refractivity contribution is -0.138. The predicted molar refractivity (Wildman–Crippen MR) is 255 cm³/mol. The molecule has 0 aromatic heterocycles. The number of nitrogens with two attached hydrogens (primary N) is 8. The van der Waals surface area contributed by atoms with Crippen molar-refractivity contribution in [1.82, 2.24) is 0 Å². The number of carboxylic acids is 8. The number of aliphatic hydroxyl groups is 4. The lowest BCUT2D eigenvalue weighted by atomic mass is 9.93. The van der Waals surface area contributed by atoms with Crippen molar-refractivity contribution in [2.45, 2.75) is 48.3 Å². The third-order valence-electron chi connectivity index (χ3n) is 6.19. The molecular formula is C29H60N8O20S8. The van der Waals surface area contributed by atoms with Crippen LogP contribution in [0.5, 0.6) is 0 Å². The first-order valence-corrected chi connectivity index (χ1v) is 27.3. The highest BCUT2D eigenvalue weighted by atomic mass is 33.1. The third kappa shape index (κ3) is 45.6. The van der Waals surface area contributed by atoms with Crippen LogP contribution in [0.4, 0.5) is 0 Å². The Labute approximate surface area is 403 Å². The Morgan fingerprint density at radius 2 is 0.369 bits per heavy atom. The molecule has 0 aliphatic carbocycles. The van der Waals surface area contributed by atoms with E-state index in [1.54, 1.807) is 0 Å². The van der Waals surface area contributed by atoms with Gasteiger partial charge in [0, 0.05) is 46.0 Å². The second kappa shape index (κ2) is 44.6. The van der Waals surface area contributed by atoms with Gasteiger partial charge < -0.3 is 107 Å². The molecule has 0 spiro atoms. The SMILES string of the molecule is N[C@@H](CSSC[C@H](N)C(=O)O)C(=O)O.N[C@@H](CSSC[C@H](N)C(=O)O)C(=O)O.N[C@@H](CSSC[C@H](N)C(=O)O)C(=O)O.N[C@@H](CSSC[C@H](N)C(=O)O)C(=O)O.OCC(CO)(CO)CO. The van der Waals surface area contributed by atoms with Crippen molar-refractivity contribution in [1.29, 1.82) is 0 Å². The molecule has 28 N–H and O–H groups in total. The van der Waals surface area contributed by atoms with Crippen molar-refractivity contribution in [3.05, 3.63) is 0 Å². The molecule has 0 radical (unpaired) electrons. The Morgan fingerprint density at radius 3 is 0.415 bits per heavy atom. The molecule has 0 rings (SSSR count). The lowest BCUT2D eigenvalue weighted by Gasteiger charge is -2.23. The molecule has 0 bridgehead atoms. The van der Waals surface area contributed by atoms with Crippen LogP contribution in [0.2, 0.25) is 0 Å². The number of carbonyl (C=O) groups is 8. The van der Waals surface area contributed by atoms with Crippen LogP contribution in [0.3, 0.4) is 0 Å². The molecule has 0 amide bonds. The molecule has 65 heavy (non-hydrogen) atoms. The number of aliphatic hydroxyl groups excluding tert-OH is 4. The zero-order valence-electron chi connectivity index (χ0n) is 34.1. The van der Waals surface area contributed by atoms with Gasteiger partial charge in [-0.05, 0) is 0 Å². The average Bonchev–Trinajstić information content (AvgIpc) is 3.24. The molecule has 0 aromatic carbocycles. The summed E-state index contributed by atoms with van der Waals surface area (Å²) in [5, 5.41) is 101. The van der Waals surface area contributed by atoms with Gasteiger partial charge in [-0.15, -0.1) is 0 Å². The second-order valence-corrected chi connectivity index (χ2v) is 22.2. The topological polar surface area (TPSA) is 587 Å². The quantitative estimate of drug-likeness (QED) is 0.0221. The van der Waals surface area contributed by atoms with Crippen LogP contribution in [-0.4, -0.2) is 230 Å². The van der Waals surface area contributed by atoms with Gasteiger partial charge in [0.05, 0.1) is 31.8 Å². The van der Waals surface area contributed by atoms with Gasteiger partial charge in [0.2, 0.25) is 0 Å². The largest absolute Gasteiger partial charge is 0.480 e. The predicted octanol–water partition coefficient (Wildman–Crippen LogP) is -5.29. The molecule has 0 aliphatic rings. The fraction of sp³-hybridized carbons (Fsp3) is 0.724. The zero-order chi connectivity index (χ0) is 51.9. The summed E-state index contributed by atoms with van der Waals surface area (Å²) in [6, 6.07) is -7.38. The maximum absolute atomic E-state index is 10.3. The maximum atomic E-state index is 10.3. The molecule has 0 saturated carbocycles. The summed E-state index contributed by atoms with van der Waals surface area (Å²) >= 11 is 0. The third-order valence-corrected chi connectivity index (χ3v) is 16.1. The molecule has 8 atom stereocenters. The first-order chi connectivity index (χ1) is 30.0. The van der Waals surface area contributed by atoms with E-state index in [4.69, 9.17) is 107 Å². The van der Waals surface area contributed by atoms with Crippen LogP contribution in [0.25, 0.3) is 0 Å². The summed E-state index contributed by atoms with van der Waals surface area (Å²) in [5.41, 5.74) is 40.6. The highest BCUT2D eigenvalue weighted by Crippen LogP contribution is 2.24. The number of hydrogen-bond donors (Lipinski definition) is 20. The summed E-state index contributed by atoms with van der Waals surface area (Å²) in [5.74, 6) is -6.72. The van der Waals surface area contributed by atoms with Crippen molar-refractivity contribution < 1.29 is 99.6 Å². The van der Waals surface area contributed by atoms with Crippen molar-refractivity contribution in [2.24, 2.45) is 51.3 Å². The van der Waals surface area contributed by atoms with Crippen molar-refractivity contribution >= 4 is 134 Å². The van der Waals surface area contributed by atoms with Gasteiger partial charge in [0.1, 0.15) is 48.3 Å². The lowest BCUT2D eigenvalue weighted by Crippen LogP contribution is -2.37. The zero-order valence-corrected chi connectivity index (χ0v) is 40.7. The van der Waals surface area contributed by atoms with E-state index in [0.29, 0.717) is 0 Å². The van der Waals surface area contributed by atoms with E-state index in [2.05, 4.69) is 0 Å². The smallest absolute Gasteiger partial charge is 0.321 e. The monoisotopic (exact) mass is 1100 g/mol. The normalized spacial score (nSPS) is 14.3. The van der Waals surface area contributed by atoms with E-state index < -0.39 is 128 Å². The second-order valence-electron chi connectivity index (χ2n) is 12.0. The minimum Gasteiger partial charge on any atom is -0.480 e. The summed E-state index contributed by atoms with van der Waals surface area (Å²) in [7, 11) is 9.62. The molecule has 0 saturated heterocycles. The van der Waals surface area contributed by atoms with Gasteiger partial charge in [-0.25, -0.2) is 0 Å². The Hall–Kier alpha value is -1.92. The van der Waals surface area contributed by atoms with Gasteiger partial charge in [-0.3, -0.25) is 38.4 Å². The van der Waals surface area contributed by atoms with Gasteiger partial charge in [0.15, 0.2) is 0 Å². The van der Waals surface area contributed by atoms with E-state index >= 15 is 0 Å². The maximum Gasteiger partial charge on any atom is 0.321 e. The number of hydrogen-bond acceptors (Lipinski definition) is 28. The fourth-order valence-electron chi connectivity index (χ4n) is 1.84. The number of rotatable bonds is 32. The molecule has 0 fully saturated rings. The Morgan fingerprint density at radius 1 is 0.277 bits per heavy atom. The molecular weight excluding hydrogens is 1040 g/mol. The van der Waals surface area contributed by atoms with Gasteiger partial charge in [-0.1, -0.05) is 86.4 Å². The van der Waals surface area contributed by atoms with Crippen LogP contribution in [-0.2, 0) is 38.4 Å². The summed E-state index contributed by atoms with van der Waals surface area (Å²) in [4.78, 5) is 82.2. The van der Waals surface area contributed by atoms with E-state index in [9.17, 15) is 38.4 Å². The van der Waals surface area contributed by atoms with Gasteiger partial charge >= 0.3 is 47.8 Å². The number of aliphatic carboxylic acids is 8. The Balaban J connectivity index is -0.000000232. The number of carboxylic acid groups (broad SMARTS) is 8. The van der Waals surface area contributed by atoms with Gasteiger partial charge in [-0.2, -0.15) is 0 Å². The highest BCUT2D eigenvalue weighted by Gasteiger charge is 2.26. The molecule has 36 heteroatoms. The van der Waals surface area contributed by atoms with Crippen LogP contribution in [0.1, 0.15) is 0 Å². The molecule has 384 valence electrons. The van der Waals surface area contributed by atoms with Crippen molar-refractivity contribution in [3.63, 3.8) is 0 Å². The van der Waals surface area contributed by atoms with Crippen molar-refractivity contribution in [2.75, 3.05) is 72.5 Å². The molecule has 0 aromatic rings. The molecule has 0 heterocycles. The summed E-state index contributed by atoms with van der Waals surface area (Å²) < 4.78 is 0. The highest BCUT2D eigenvalue weighted by molar-refractivity contribution is 8.77. The van der Waals surface area contributed by atoms with Crippen LogP contribution < -0.4 is 45.9 Å². The average molecular weight is 1100 g/mol. The first kappa shape index (κ1) is 72.1. The first-order valence-electron chi connectivity index (χ1n) is 17.3. The molecule has 0 aliphatic heterocycles. The van der Waals surface area contributed by atoms with E-state index in [1.807, 2.05) is 0 Å². The van der Waals surface area contributed by atoms with Crippen LogP contribution in [0.15, 0.2) is 0 Å². The molecule has 28 nitrogen and oxygen atoms in total. The minimum atomic E-state index is -1.11.